The minimum absolute atomic E-state index is 0.235. The third kappa shape index (κ3) is 3.47. The number of anilines is 1. The van der Waals surface area contributed by atoms with Crippen molar-refractivity contribution in [1.82, 2.24) is 0 Å². The summed E-state index contributed by atoms with van der Waals surface area (Å²) in [4.78, 5) is 0. The van der Waals surface area contributed by atoms with Crippen molar-refractivity contribution >= 4 is 23.0 Å². The van der Waals surface area contributed by atoms with E-state index in [9.17, 15) is 0 Å². The molecule has 1 aromatic rings. The zero-order valence-corrected chi connectivity index (χ0v) is 9.51. The zero-order chi connectivity index (χ0) is 11.3. The third-order valence-electron chi connectivity index (χ3n) is 1.85. The number of rotatable bonds is 4. The molecule has 0 heterocycles. The van der Waals surface area contributed by atoms with Gasteiger partial charge in [-0.2, -0.15) is 0 Å². The van der Waals surface area contributed by atoms with Gasteiger partial charge in [0, 0.05) is 25.5 Å². The van der Waals surface area contributed by atoms with E-state index in [0.717, 1.165) is 11.3 Å². The third-order valence-corrected chi connectivity index (χ3v) is 1.96. The summed E-state index contributed by atoms with van der Waals surface area (Å²) in [5.74, 6) is 0. The number of benzene rings is 1. The van der Waals surface area contributed by atoms with Crippen molar-refractivity contribution in [2.45, 2.75) is 6.29 Å². The van der Waals surface area contributed by atoms with Crippen LogP contribution in [0.15, 0.2) is 24.3 Å². The van der Waals surface area contributed by atoms with Crippen LogP contribution in [0.2, 0.25) is 0 Å². The maximum absolute atomic E-state index is 5.37. The lowest BCUT2D eigenvalue weighted by Gasteiger charge is -2.14. The van der Waals surface area contributed by atoms with Crippen LogP contribution in [0.1, 0.15) is 11.9 Å². The second-order valence-electron chi connectivity index (χ2n) is 2.92. The smallest absolute Gasteiger partial charge is 0.183 e. The van der Waals surface area contributed by atoms with Gasteiger partial charge in [-0.05, 0) is 24.4 Å². The molecule has 0 aromatic heterocycles. The Morgan fingerprint density at radius 1 is 1.40 bits per heavy atom. The average molecular weight is 226 g/mol. The summed E-state index contributed by atoms with van der Waals surface area (Å²) >= 11 is 4.75. The molecule has 0 spiro atoms. The van der Waals surface area contributed by atoms with E-state index in [1.54, 1.807) is 14.2 Å². The van der Waals surface area contributed by atoms with Gasteiger partial charge in [-0.3, -0.25) is 0 Å². The van der Waals surface area contributed by atoms with Gasteiger partial charge < -0.3 is 20.5 Å². The number of nitrogens with one attached hydrogen (secondary N) is 1. The molecule has 0 aliphatic carbocycles. The van der Waals surface area contributed by atoms with Crippen LogP contribution < -0.4 is 11.1 Å². The fourth-order valence-corrected chi connectivity index (χ4v) is 1.39. The summed E-state index contributed by atoms with van der Waals surface area (Å²) in [5.41, 5.74) is 7.10. The molecule has 1 rings (SSSR count). The fourth-order valence-electron chi connectivity index (χ4n) is 1.27. The molecule has 15 heavy (non-hydrogen) atoms. The second-order valence-corrected chi connectivity index (χ2v) is 3.36. The van der Waals surface area contributed by atoms with Crippen LogP contribution in [0.3, 0.4) is 0 Å². The van der Waals surface area contributed by atoms with E-state index >= 15 is 0 Å². The average Bonchev–Trinajstić information content (AvgIpc) is 2.19. The van der Waals surface area contributed by atoms with Crippen molar-refractivity contribution in [3.05, 3.63) is 29.8 Å². The molecule has 82 valence electrons. The minimum atomic E-state index is -0.377. The first-order valence-corrected chi connectivity index (χ1v) is 4.80. The maximum Gasteiger partial charge on any atom is 0.183 e. The van der Waals surface area contributed by atoms with Crippen molar-refractivity contribution in [3.63, 3.8) is 0 Å². The van der Waals surface area contributed by atoms with Crippen LogP contribution in [0.5, 0.6) is 0 Å². The lowest BCUT2D eigenvalue weighted by molar-refractivity contribution is -0.105. The monoisotopic (exact) mass is 226 g/mol. The highest BCUT2D eigenvalue weighted by Gasteiger charge is 2.08. The summed E-state index contributed by atoms with van der Waals surface area (Å²) in [6, 6.07) is 7.52. The lowest BCUT2D eigenvalue weighted by atomic mass is 10.2. The van der Waals surface area contributed by atoms with Crippen molar-refractivity contribution in [2.75, 3.05) is 19.5 Å². The van der Waals surface area contributed by atoms with Gasteiger partial charge in [-0.1, -0.05) is 12.1 Å². The summed E-state index contributed by atoms with van der Waals surface area (Å²) in [5, 5.41) is 3.08. The standard InChI is InChI=1S/C10H14N2O2S/c1-13-9(14-2)7-4-3-5-8(6-7)12-10(11)15/h3-6,9H,1-2H3,(H3,11,12,15). The highest BCUT2D eigenvalue weighted by molar-refractivity contribution is 7.80. The van der Waals surface area contributed by atoms with Gasteiger partial charge in [0.15, 0.2) is 11.4 Å². The van der Waals surface area contributed by atoms with Gasteiger partial charge in [0.05, 0.1) is 0 Å². The first-order valence-electron chi connectivity index (χ1n) is 4.39. The minimum Gasteiger partial charge on any atom is -0.376 e. The molecule has 0 saturated carbocycles. The first kappa shape index (κ1) is 11.9. The van der Waals surface area contributed by atoms with Crippen molar-refractivity contribution < 1.29 is 9.47 Å². The lowest BCUT2D eigenvalue weighted by Crippen LogP contribution is -2.19. The molecule has 0 fully saturated rings. The number of hydrogen-bond donors (Lipinski definition) is 2. The topological polar surface area (TPSA) is 56.5 Å². The number of ether oxygens (including phenoxy) is 2. The van der Waals surface area contributed by atoms with E-state index in [-0.39, 0.29) is 11.4 Å². The predicted octanol–water partition coefficient (Wildman–Crippen LogP) is 1.63. The Labute approximate surface area is 94.4 Å². The molecule has 4 nitrogen and oxygen atoms in total. The molecule has 5 heteroatoms. The second kappa shape index (κ2) is 5.65. The molecule has 3 N–H and O–H groups in total. The van der Waals surface area contributed by atoms with Crippen LogP contribution in [0, 0.1) is 0 Å². The van der Waals surface area contributed by atoms with Gasteiger partial charge in [-0.15, -0.1) is 0 Å². The van der Waals surface area contributed by atoms with E-state index in [1.807, 2.05) is 24.3 Å². The highest BCUT2D eigenvalue weighted by atomic mass is 32.1. The van der Waals surface area contributed by atoms with Crippen LogP contribution >= 0.6 is 12.2 Å². The molecule has 0 aliphatic heterocycles. The molecule has 0 bridgehead atoms. The SMILES string of the molecule is COC(OC)c1cccc(NC(N)=S)c1. The molecule has 0 amide bonds. The normalized spacial score (nSPS) is 10.3. The van der Waals surface area contributed by atoms with E-state index in [2.05, 4.69) is 5.32 Å². The molecule has 0 saturated heterocycles. The van der Waals surface area contributed by atoms with E-state index in [4.69, 9.17) is 27.4 Å². The Morgan fingerprint density at radius 3 is 2.60 bits per heavy atom. The van der Waals surface area contributed by atoms with Gasteiger partial charge in [0.2, 0.25) is 0 Å². The van der Waals surface area contributed by atoms with Crippen LogP contribution in [0.25, 0.3) is 0 Å². The van der Waals surface area contributed by atoms with E-state index in [0.29, 0.717) is 0 Å². The molecule has 0 radical (unpaired) electrons. The van der Waals surface area contributed by atoms with E-state index < -0.39 is 0 Å². The molecule has 0 aliphatic rings. The van der Waals surface area contributed by atoms with Crippen LogP contribution in [-0.4, -0.2) is 19.3 Å². The summed E-state index contributed by atoms with van der Waals surface area (Å²) < 4.78 is 10.3. The van der Waals surface area contributed by atoms with Gasteiger partial charge in [-0.25, -0.2) is 0 Å². The quantitative estimate of drug-likeness (QED) is 0.603. The molecule has 0 unspecified atom stereocenters. The Balaban J connectivity index is 2.86. The Morgan fingerprint density at radius 2 is 2.07 bits per heavy atom. The summed E-state index contributed by atoms with van der Waals surface area (Å²) in [6.07, 6.45) is -0.377. The van der Waals surface area contributed by atoms with Crippen molar-refractivity contribution in [3.8, 4) is 0 Å². The molecular formula is C10H14N2O2S. The first-order chi connectivity index (χ1) is 7.17. The largest absolute Gasteiger partial charge is 0.376 e. The Bertz CT molecular complexity index is 340. The zero-order valence-electron chi connectivity index (χ0n) is 8.69. The van der Waals surface area contributed by atoms with Crippen LogP contribution in [-0.2, 0) is 9.47 Å². The van der Waals surface area contributed by atoms with Crippen LogP contribution in [0.4, 0.5) is 5.69 Å². The fraction of sp³-hybridized carbons (Fsp3) is 0.300. The Kier molecular flexibility index (Phi) is 4.48. The maximum atomic E-state index is 5.37. The van der Waals surface area contributed by atoms with Crippen molar-refractivity contribution in [2.24, 2.45) is 5.73 Å². The summed E-state index contributed by atoms with van der Waals surface area (Å²) in [6.45, 7) is 0. The van der Waals surface area contributed by atoms with E-state index in [1.165, 1.54) is 0 Å². The number of methoxy groups -OCH3 is 2. The number of nitrogens with two attached hydrogens (primary N) is 1. The number of hydrogen-bond acceptors (Lipinski definition) is 3. The molecule has 0 atom stereocenters. The molecule has 1 aromatic carbocycles. The van der Waals surface area contributed by atoms with Gasteiger partial charge in [0.25, 0.3) is 0 Å². The predicted molar refractivity (Wildman–Crippen MR) is 63.6 cm³/mol. The highest BCUT2D eigenvalue weighted by Crippen LogP contribution is 2.20. The Hall–Kier alpha value is -1.17. The van der Waals surface area contributed by atoms with Gasteiger partial charge in [0.1, 0.15) is 0 Å². The number of thiocarbonyl (C=S) groups is 1. The van der Waals surface area contributed by atoms with Crippen molar-refractivity contribution in [1.29, 1.82) is 0 Å². The van der Waals surface area contributed by atoms with Gasteiger partial charge >= 0.3 is 0 Å². The summed E-state index contributed by atoms with van der Waals surface area (Å²) in [7, 11) is 3.17. The molecular weight excluding hydrogens is 212 g/mol.